The van der Waals surface area contributed by atoms with Gasteiger partial charge in [-0.25, -0.2) is 4.79 Å². The molecule has 2 fully saturated rings. The van der Waals surface area contributed by atoms with E-state index in [1.807, 2.05) is 20.8 Å². The summed E-state index contributed by atoms with van der Waals surface area (Å²) in [5.74, 6) is -0.548. The average molecular weight is 285 g/mol. The van der Waals surface area contributed by atoms with Gasteiger partial charge in [0.1, 0.15) is 5.60 Å². The number of hydrogen-bond donors (Lipinski definition) is 0. The number of esters is 1. The highest BCUT2D eigenvalue weighted by Gasteiger charge is 2.55. The van der Waals surface area contributed by atoms with E-state index in [2.05, 4.69) is 0 Å². The van der Waals surface area contributed by atoms with Crippen LogP contribution in [0.2, 0.25) is 0 Å². The van der Waals surface area contributed by atoms with Crippen LogP contribution in [0.1, 0.15) is 27.2 Å². The smallest absolute Gasteiger partial charge is 0.410 e. The molecule has 20 heavy (non-hydrogen) atoms. The molecule has 0 radical (unpaired) electrons. The van der Waals surface area contributed by atoms with Crippen molar-refractivity contribution in [3.63, 3.8) is 0 Å². The number of methoxy groups -OCH3 is 1. The summed E-state index contributed by atoms with van der Waals surface area (Å²) in [6, 6.07) is 0. The van der Waals surface area contributed by atoms with Crippen LogP contribution in [-0.4, -0.2) is 56.0 Å². The van der Waals surface area contributed by atoms with Crippen molar-refractivity contribution in [3.8, 4) is 0 Å². The summed E-state index contributed by atoms with van der Waals surface area (Å²) >= 11 is 0. The van der Waals surface area contributed by atoms with Gasteiger partial charge in [-0.05, 0) is 27.2 Å². The lowest BCUT2D eigenvalue weighted by molar-refractivity contribution is -0.173. The molecular weight excluding hydrogens is 262 g/mol. The van der Waals surface area contributed by atoms with Crippen LogP contribution in [0, 0.1) is 11.3 Å². The van der Waals surface area contributed by atoms with E-state index in [-0.39, 0.29) is 23.4 Å². The molecule has 0 aromatic heterocycles. The fourth-order valence-corrected chi connectivity index (χ4v) is 2.84. The molecule has 0 aromatic rings. The fraction of sp³-hybridized carbons (Fsp3) is 0.857. The lowest BCUT2D eigenvalue weighted by Crippen LogP contribution is -2.65. The molecule has 0 aliphatic carbocycles. The number of hydrogen-bond acceptors (Lipinski definition) is 5. The molecule has 0 bridgehead atoms. The van der Waals surface area contributed by atoms with Gasteiger partial charge in [0.25, 0.3) is 0 Å². The summed E-state index contributed by atoms with van der Waals surface area (Å²) in [4.78, 5) is 25.5. The molecule has 0 N–H and O–H groups in total. The van der Waals surface area contributed by atoms with Crippen molar-refractivity contribution >= 4 is 12.1 Å². The highest BCUT2D eigenvalue weighted by molar-refractivity contribution is 5.75. The zero-order valence-corrected chi connectivity index (χ0v) is 12.6. The van der Waals surface area contributed by atoms with Gasteiger partial charge in [-0.2, -0.15) is 0 Å². The van der Waals surface area contributed by atoms with Crippen molar-refractivity contribution in [2.75, 3.05) is 33.4 Å². The maximum atomic E-state index is 12.0. The summed E-state index contributed by atoms with van der Waals surface area (Å²) in [7, 11) is 1.38. The van der Waals surface area contributed by atoms with E-state index in [1.165, 1.54) is 7.11 Å². The number of rotatable bonds is 1. The Morgan fingerprint density at radius 2 is 1.95 bits per heavy atom. The molecule has 2 rings (SSSR count). The number of carbonyl (C=O) groups is 2. The van der Waals surface area contributed by atoms with Crippen molar-refractivity contribution in [1.82, 2.24) is 4.90 Å². The van der Waals surface area contributed by atoms with Gasteiger partial charge in [0.05, 0.1) is 19.6 Å². The molecule has 0 aromatic carbocycles. The molecule has 1 spiro atoms. The van der Waals surface area contributed by atoms with E-state index in [0.29, 0.717) is 26.3 Å². The first-order valence-electron chi connectivity index (χ1n) is 6.91. The second-order valence-corrected chi connectivity index (χ2v) is 6.60. The number of ether oxygens (including phenoxy) is 3. The first-order chi connectivity index (χ1) is 9.27. The molecule has 114 valence electrons. The fourth-order valence-electron chi connectivity index (χ4n) is 2.84. The van der Waals surface area contributed by atoms with Gasteiger partial charge in [-0.15, -0.1) is 0 Å². The Morgan fingerprint density at radius 3 is 2.50 bits per heavy atom. The number of nitrogens with zero attached hydrogens (tertiary/aromatic N) is 1. The predicted octanol–water partition coefficient (Wildman–Crippen LogP) is 1.43. The maximum absolute atomic E-state index is 12.0. The zero-order chi connectivity index (χ0) is 15.0. The Morgan fingerprint density at radius 1 is 1.30 bits per heavy atom. The third-order valence-corrected chi connectivity index (χ3v) is 3.92. The summed E-state index contributed by atoms with van der Waals surface area (Å²) in [6.45, 7) is 7.57. The van der Waals surface area contributed by atoms with Gasteiger partial charge in [0.15, 0.2) is 0 Å². The quantitative estimate of drug-likeness (QED) is 0.682. The number of likely N-dealkylation sites (tertiary alicyclic amines) is 1. The topological polar surface area (TPSA) is 65.1 Å². The standard InChI is InChI=1S/C14H23NO5/c1-13(2,3)20-12(17)15-8-14(9-15)5-6-19-7-10(14)11(16)18-4/h10H,5-9H2,1-4H3/t10-/m0/s1. The highest BCUT2D eigenvalue weighted by Crippen LogP contribution is 2.44. The van der Waals surface area contributed by atoms with Gasteiger partial charge < -0.3 is 19.1 Å². The lowest BCUT2D eigenvalue weighted by Gasteiger charge is -2.54. The van der Waals surface area contributed by atoms with E-state index in [4.69, 9.17) is 14.2 Å². The van der Waals surface area contributed by atoms with Crippen molar-refractivity contribution in [3.05, 3.63) is 0 Å². The second kappa shape index (κ2) is 5.24. The summed E-state index contributed by atoms with van der Waals surface area (Å²) in [6.07, 6.45) is 0.449. The van der Waals surface area contributed by atoms with E-state index >= 15 is 0 Å². The predicted molar refractivity (Wildman–Crippen MR) is 71.2 cm³/mol. The molecule has 2 aliphatic rings. The van der Waals surface area contributed by atoms with Crippen LogP contribution in [0.15, 0.2) is 0 Å². The van der Waals surface area contributed by atoms with Crippen LogP contribution in [0.5, 0.6) is 0 Å². The Balaban J connectivity index is 1.98. The van der Waals surface area contributed by atoms with E-state index in [1.54, 1.807) is 4.90 Å². The first kappa shape index (κ1) is 15.1. The van der Waals surface area contributed by atoms with Crippen molar-refractivity contribution in [1.29, 1.82) is 0 Å². The molecule has 2 saturated heterocycles. The molecule has 1 amide bonds. The lowest BCUT2D eigenvalue weighted by atomic mass is 9.66. The summed E-state index contributed by atoms with van der Waals surface area (Å²) in [5, 5.41) is 0. The molecule has 2 aliphatic heterocycles. The second-order valence-electron chi connectivity index (χ2n) is 6.60. The van der Waals surface area contributed by atoms with E-state index < -0.39 is 5.60 Å². The Kier molecular flexibility index (Phi) is 3.95. The molecule has 6 heteroatoms. The van der Waals surface area contributed by atoms with Gasteiger partial charge in [-0.1, -0.05) is 0 Å². The van der Waals surface area contributed by atoms with Crippen LogP contribution >= 0.6 is 0 Å². The highest BCUT2D eigenvalue weighted by atomic mass is 16.6. The largest absolute Gasteiger partial charge is 0.469 e. The summed E-state index contributed by atoms with van der Waals surface area (Å²) in [5.41, 5.74) is -0.709. The van der Waals surface area contributed by atoms with E-state index in [0.717, 1.165) is 6.42 Å². The minimum Gasteiger partial charge on any atom is -0.469 e. The maximum Gasteiger partial charge on any atom is 0.410 e. The number of carbonyl (C=O) groups excluding carboxylic acids is 2. The molecular formula is C14H23NO5. The van der Waals surface area contributed by atoms with Crippen molar-refractivity contribution in [2.24, 2.45) is 11.3 Å². The molecule has 0 saturated carbocycles. The molecule has 6 nitrogen and oxygen atoms in total. The third-order valence-electron chi connectivity index (χ3n) is 3.92. The average Bonchev–Trinajstić information content (AvgIpc) is 2.32. The molecule has 1 atom stereocenters. The third kappa shape index (κ3) is 2.90. The van der Waals surface area contributed by atoms with Crippen LogP contribution in [0.25, 0.3) is 0 Å². The SMILES string of the molecule is COC(=O)[C@@H]1COCCC12CN(C(=O)OC(C)(C)C)C2. The van der Waals surface area contributed by atoms with Gasteiger partial charge >= 0.3 is 12.1 Å². The van der Waals surface area contributed by atoms with Crippen molar-refractivity contribution in [2.45, 2.75) is 32.8 Å². The normalized spacial score (nSPS) is 25.0. The molecule has 0 unspecified atom stereocenters. The Labute approximate surface area is 119 Å². The van der Waals surface area contributed by atoms with Crippen LogP contribution in [-0.2, 0) is 19.0 Å². The minimum atomic E-state index is -0.503. The van der Waals surface area contributed by atoms with Crippen LogP contribution in [0.3, 0.4) is 0 Å². The van der Waals surface area contributed by atoms with Crippen LogP contribution in [0.4, 0.5) is 4.79 Å². The minimum absolute atomic E-state index is 0.206. The Bertz CT molecular complexity index is 395. The van der Waals surface area contributed by atoms with Gasteiger partial charge in [0.2, 0.25) is 0 Å². The number of amides is 1. The van der Waals surface area contributed by atoms with Gasteiger partial charge in [0, 0.05) is 25.1 Å². The first-order valence-corrected chi connectivity index (χ1v) is 6.91. The Hall–Kier alpha value is -1.30. The molecule has 2 heterocycles. The van der Waals surface area contributed by atoms with Crippen molar-refractivity contribution < 1.29 is 23.8 Å². The zero-order valence-electron chi connectivity index (χ0n) is 12.6. The van der Waals surface area contributed by atoms with Gasteiger partial charge in [-0.3, -0.25) is 4.79 Å². The van der Waals surface area contributed by atoms with Crippen LogP contribution < -0.4 is 0 Å². The monoisotopic (exact) mass is 285 g/mol. The van der Waals surface area contributed by atoms with E-state index in [9.17, 15) is 9.59 Å². The summed E-state index contributed by atoms with van der Waals surface area (Å²) < 4.78 is 15.6.